The predicted molar refractivity (Wildman–Crippen MR) is 108 cm³/mol. The average molecular weight is 393 g/mol. The van der Waals surface area contributed by atoms with Crippen molar-refractivity contribution in [2.75, 3.05) is 5.32 Å². The van der Waals surface area contributed by atoms with Gasteiger partial charge >= 0.3 is 0 Å². The first kappa shape index (κ1) is 18.3. The number of nitrogens with zero attached hydrogens (tertiary/aromatic N) is 2. The summed E-state index contributed by atoms with van der Waals surface area (Å²) < 4.78 is 28.4. The summed E-state index contributed by atoms with van der Waals surface area (Å²) in [5.74, 6) is -1.24. The van der Waals surface area contributed by atoms with Crippen molar-refractivity contribution in [1.29, 1.82) is 5.26 Å². The highest BCUT2D eigenvalue weighted by atomic mass is 32.1. The number of fused-ring (bicyclic) bond motifs is 3. The Labute approximate surface area is 166 Å². The standard InChI is InChI=1S/C22H17F2N3S/c1-2-18(20-16(23)6-4-7-17(20)24)26-22-27-19-8-3-5-14-11-13(12-25)9-10-15(14)21(19)28-22/h2,4,6-7,9-11H,3,5,8H2,1H3,(H,26,27)/b18-2+. The third-order valence-corrected chi connectivity index (χ3v) is 5.84. The minimum atomic E-state index is -0.618. The number of nitriles is 1. The van der Waals surface area contributed by atoms with Gasteiger partial charge in [-0.2, -0.15) is 5.26 Å². The molecule has 0 fully saturated rings. The number of thiazole rings is 1. The lowest BCUT2D eigenvalue weighted by atomic mass is 10.0. The fraction of sp³-hybridized carbons (Fsp3) is 0.182. The highest BCUT2D eigenvalue weighted by Crippen LogP contribution is 2.40. The van der Waals surface area contributed by atoms with Crippen molar-refractivity contribution in [2.45, 2.75) is 26.2 Å². The summed E-state index contributed by atoms with van der Waals surface area (Å²) >= 11 is 1.46. The molecule has 0 unspecified atom stereocenters. The van der Waals surface area contributed by atoms with Crippen LogP contribution in [0.2, 0.25) is 0 Å². The van der Waals surface area contributed by atoms with Crippen molar-refractivity contribution in [1.82, 2.24) is 4.98 Å². The molecule has 2 aromatic carbocycles. The van der Waals surface area contributed by atoms with E-state index in [0.717, 1.165) is 41.0 Å². The van der Waals surface area contributed by atoms with Crippen molar-refractivity contribution < 1.29 is 8.78 Å². The zero-order chi connectivity index (χ0) is 19.7. The summed E-state index contributed by atoms with van der Waals surface area (Å²) in [6.45, 7) is 1.73. The van der Waals surface area contributed by atoms with E-state index in [4.69, 9.17) is 5.26 Å². The van der Waals surface area contributed by atoms with Gasteiger partial charge in [0, 0.05) is 5.70 Å². The van der Waals surface area contributed by atoms with Crippen LogP contribution in [-0.4, -0.2) is 4.98 Å². The van der Waals surface area contributed by atoms with Crippen molar-refractivity contribution in [2.24, 2.45) is 0 Å². The summed E-state index contributed by atoms with van der Waals surface area (Å²) in [6.07, 6.45) is 4.30. The second kappa shape index (κ2) is 7.53. The molecule has 0 bridgehead atoms. The van der Waals surface area contributed by atoms with Gasteiger partial charge in [0.15, 0.2) is 5.13 Å². The van der Waals surface area contributed by atoms with Gasteiger partial charge in [-0.1, -0.05) is 29.5 Å². The Hall–Kier alpha value is -3.04. The molecule has 140 valence electrons. The Kier molecular flexibility index (Phi) is 4.93. The number of aryl methyl sites for hydroxylation is 2. The van der Waals surface area contributed by atoms with Crippen LogP contribution in [0.4, 0.5) is 13.9 Å². The smallest absolute Gasteiger partial charge is 0.187 e. The third kappa shape index (κ3) is 3.30. The van der Waals surface area contributed by atoms with Crippen LogP contribution in [0.5, 0.6) is 0 Å². The molecule has 0 spiro atoms. The number of hydrogen-bond acceptors (Lipinski definition) is 4. The van der Waals surface area contributed by atoms with E-state index in [1.165, 1.54) is 29.5 Å². The maximum absolute atomic E-state index is 14.2. The van der Waals surface area contributed by atoms with Crippen LogP contribution in [0.25, 0.3) is 16.1 Å². The van der Waals surface area contributed by atoms with Crippen LogP contribution < -0.4 is 5.32 Å². The van der Waals surface area contributed by atoms with Crippen molar-refractivity contribution in [3.63, 3.8) is 0 Å². The maximum atomic E-state index is 14.2. The Morgan fingerprint density at radius 3 is 2.71 bits per heavy atom. The van der Waals surface area contributed by atoms with E-state index < -0.39 is 11.6 Å². The van der Waals surface area contributed by atoms with E-state index in [1.807, 2.05) is 18.2 Å². The third-order valence-electron chi connectivity index (χ3n) is 4.80. The first-order valence-corrected chi connectivity index (χ1v) is 9.83. The number of benzene rings is 2. The lowest BCUT2D eigenvalue weighted by molar-refractivity contribution is 0.577. The van der Waals surface area contributed by atoms with Gasteiger partial charge in [0.1, 0.15) is 11.6 Å². The molecule has 1 N–H and O–H groups in total. The summed E-state index contributed by atoms with van der Waals surface area (Å²) in [5.41, 5.74) is 4.10. The van der Waals surface area contributed by atoms with Crippen LogP contribution in [0.3, 0.4) is 0 Å². The van der Waals surface area contributed by atoms with Crippen LogP contribution >= 0.6 is 11.3 Å². The quantitative estimate of drug-likeness (QED) is 0.601. The van der Waals surface area contributed by atoms with Gasteiger partial charge in [0.2, 0.25) is 0 Å². The van der Waals surface area contributed by atoms with Gasteiger partial charge in [-0.3, -0.25) is 0 Å². The van der Waals surface area contributed by atoms with Crippen LogP contribution in [0.1, 0.15) is 35.7 Å². The van der Waals surface area contributed by atoms with Gasteiger partial charge in [-0.15, -0.1) is 0 Å². The molecule has 1 aliphatic rings. The van der Waals surface area contributed by atoms with Gasteiger partial charge in [-0.25, -0.2) is 13.8 Å². The number of nitrogens with one attached hydrogen (secondary N) is 1. The number of rotatable bonds is 3. The largest absolute Gasteiger partial charge is 0.331 e. The number of anilines is 1. The maximum Gasteiger partial charge on any atom is 0.187 e. The van der Waals surface area contributed by atoms with Gasteiger partial charge < -0.3 is 5.32 Å². The van der Waals surface area contributed by atoms with Gasteiger partial charge in [0.05, 0.1) is 27.8 Å². The second-order valence-corrected chi connectivity index (χ2v) is 7.56. The van der Waals surface area contributed by atoms with Crippen molar-refractivity contribution in [3.05, 3.63) is 76.5 Å². The first-order valence-electron chi connectivity index (χ1n) is 9.01. The Bertz CT molecular complexity index is 1110. The fourth-order valence-electron chi connectivity index (χ4n) is 3.47. The fourth-order valence-corrected chi connectivity index (χ4v) is 4.56. The van der Waals surface area contributed by atoms with E-state index in [1.54, 1.807) is 13.0 Å². The summed E-state index contributed by atoms with van der Waals surface area (Å²) in [5, 5.41) is 12.8. The minimum absolute atomic E-state index is 0.0885. The monoisotopic (exact) mass is 393 g/mol. The number of allylic oxidation sites excluding steroid dienone is 1. The molecule has 0 aliphatic heterocycles. The number of aromatic nitrogens is 1. The van der Waals surface area contributed by atoms with Crippen LogP contribution in [-0.2, 0) is 12.8 Å². The van der Waals surface area contributed by atoms with Crippen LogP contribution in [0.15, 0.2) is 42.5 Å². The second-order valence-electron chi connectivity index (χ2n) is 6.56. The topological polar surface area (TPSA) is 48.7 Å². The molecular formula is C22H17F2N3S. The zero-order valence-corrected chi connectivity index (χ0v) is 16.0. The number of hydrogen-bond donors (Lipinski definition) is 1. The highest BCUT2D eigenvalue weighted by molar-refractivity contribution is 7.19. The molecule has 1 heterocycles. The lowest BCUT2D eigenvalue weighted by Gasteiger charge is -2.10. The molecule has 0 saturated carbocycles. The molecular weight excluding hydrogens is 376 g/mol. The average Bonchev–Trinajstić information content (AvgIpc) is 3.01. The molecule has 6 heteroatoms. The van der Waals surface area contributed by atoms with Gasteiger partial charge in [-0.05, 0) is 61.6 Å². The Balaban J connectivity index is 1.72. The SMILES string of the molecule is C/C=C(/Nc1nc2c(s1)-c1ccc(C#N)cc1CCC2)c1c(F)cccc1F. The highest BCUT2D eigenvalue weighted by Gasteiger charge is 2.21. The van der Waals surface area contributed by atoms with E-state index >= 15 is 0 Å². The molecule has 1 aromatic heterocycles. The molecule has 3 nitrogen and oxygen atoms in total. The van der Waals surface area contributed by atoms with Crippen molar-refractivity contribution >= 4 is 22.2 Å². The lowest BCUT2D eigenvalue weighted by Crippen LogP contribution is -2.03. The summed E-state index contributed by atoms with van der Waals surface area (Å²) in [6, 6.07) is 11.7. The molecule has 0 radical (unpaired) electrons. The summed E-state index contributed by atoms with van der Waals surface area (Å²) in [4.78, 5) is 5.73. The summed E-state index contributed by atoms with van der Waals surface area (Å²) in [7, 11) is 0. The molecule has 4 rings (SSSR count). The molecule has 3 aromatic rings. The first-order chi connectivity index (χ1) is 13.6. The van der Waals surface area contributed by atoms with Crippen LogP contribution in [0, 0.1) is 23.0 Å². The van der Waals surface area contributed by atoms with Crippen molar-refractivity contribution in [3.8, 4) is 16.5 Å². The number of halogens is 2. The Morgan fingerprint density at radius 1 is 1.21 bits per heavy atom. The Morgan fingerprint density at radius 2 is 2.00 bits per heavy atom. The van der Waals surface area contributed by atoms with E-state index in [0.29, 0.717) is 16.4 Å². The van der Waals surface area contributed by atoms with E-state index in [9.17, 15) is 8.78 Å². The molecule has 0 saturated heterocycles. The van der Waals surface area contributed by atoms with Gasteiger partial charge in [0.25, 0.3) is 0 Å². The molecule has 0 amide bonds. The molecule has 28 heavy (non-hydrogen) atoms. The minimum Gasteiger partial charge on any atom is -0.331 e. The molecule has 1 aliphatic carbocycles. The zero-order valence-electron chi connectivity index (χ0n) is 15.2. The van der Waals surface area contributed by atoms with E-state index in [2.05, 4.69) is 16.4 Å². The van der Waals surface area contributed by atoms with E-state index in [-0.39, 0.29) is 5.56 Å². The normalized spacial score (nSPS) is 13.3. The predicted octanol–water partition coefficient (Wildman–Crippen LogP) is 5.92. The molecule has 0 atom stereocenters.